The van der Waals surface area contributed by atoms with E-state index >= 15 is 0 Å². The molecule has 0 saturated heterocycles. The van der Waals surface area contributed by atoms with Crippen molar-refractivity contribution in [3.8, 4) is 0 Å². The predicted octanol–water partition coefficient (Wildman–Crippen LogP) is -0.371. The van der Waals surface area contributed by atoms with Gasteiger partial charge in [-0.2, -0.15) is 0 Å². The van der Waals surface area contributed by atoms with Crippen molar-refractivity contribution in [1.82, 2.24) is 10.9 Å². The fourth-order valence-electron chi connectivity index (χ4n) is 1.21. The molecule has 0 aliphatic heterocycles. The summed E-state index contributed by atoms with van der Waals surface area (Å²) >= 11 is 0. The molecular formula is C9H14FN5. The first-order valence-corrected chi connectivity index (χ1v) is 4.41. The second-order valence-corrected chi connectivity index (χ2v) is 2.97. The number of nitrogens with zero attached hydrogens (tertiary/aromatic N) is 1. The summed E-state index contributed by atoms with van der Waals surface area (Å²) in [5.74, 6) is 4.56. The predicted molar refractivity (Wildman–Crippen MR) is 57.2 cm³/mol. The van der Waals surface area contributed by atoms with E-state index in [1.165, 1.54) is 6.07 Å². The van der Waals surface area contributed by atoms with Crippen LogP contribution in [0.2, 0.25) is 0 Å². The number of amidine groups is 1. The maximum absolute atomic E-state index is 13.3. The van der Waals surface area contributed by atoms with Crippen LogP contribution in [0.15, 0.2) is 23.3 Å². The summed E-state index contributed by atoms with van der Waals surface area (Å²) in [6, 6.07) is 4.65. The Kier molecular flexibility index (Phi) is 4.02. The van der Waals surface area contributed by atoms with Crippen LogP contribution in [0.5, 0.6) is 0 Å². The average Bonchev–Trinajstić information content (AvgIpc) is 2.21. The molecule has 0 unspecified atom stereocenters. The molecule has 6 N–H and O–H groups in total. The maximum Gasteiger partial charge on any atom is 0.155 e. The molecule has 0 radical (unpaired) electrons. The number of hydrazine groups is 1. The highest BCUT2D eigenvalue weighted by atomic mass is 19.1. The van der Waals surface area contributed by atoms with Crippen molar-refractivity contribution in [2.45, 2.75) is 6.54 Å². The minimum Gasteiger partial charge on any atom is -0.382 e. The van der Waals surface area contributed by atoms with E-state index in [2.05, 4.69) is 10.4 Å². The smallest absolute Gasteiger partial charge is 0.155 e. The number of hydrogen-bond acceptors (Lipinski definition) is 4. The Morgan fingerprint density at radius 3 is 2.87 bits per heavy atom. The first-order chi connectivity index (χ1) is 7.19. The molecule has 0 bridgehead atoms. The molecule has 15 heavy (non-hydrogen) atoms. The average molecular weight is 211 g/mol. The van der Waals surface area contributed by atoms with Crippen molar-refractivity contribution in [1.29, 1.82) is 0 Å². The Morgan fingerprint density at radius 1 is 1.53 bits per heavy atom. The van der Waals surface area contributed by atoms with Gasteiger partial charge in [0.05, 0.1) is 5.56 Å². The van der Waals surface area contributed by atoms with Crippen LogP contribution < -0.4 is 22.4 Å². The van der Waals surface area contributed by atoms with Gasteiger partial charge in [0.1, 0.15) is 5.82 Å². The summed E-state index contributed by atoms with van der Waals surface area (Å²) in [5.41, 5.74) is 8.70. The number of benzene rings is 1. The molecule has 0 atom stereocenters. The van der Waals surface area contributed by atoms with Gasteiger partial charge in [-0.25, -0.2) is 15.8 Å². The van der Waals surface area contributed by atoms with Gasteiger partial charge in [-0.15, -0.1) is 5.10 Å². The number of halogens is 1. The molecule has 0 aliphatic carbocycles. The summed E-state index contributed by atoms with van der Waals surface area (Å²) in [6.45, 7) is 0.636. The zero-order chi connectivity index (χ0) is 11.3. The van der Waals surface area contributed by atoms with Gasteiger partial charge < -0.3 is 11.1 Å². The molecule has 1 rings (SSSR count). The second kappa shape index (κ2) is 5.28. The second-order valence-electron chi connectivity index (χ2n) is 2.97. The van der Waals surface area contributed by atoms with Crippen LogP contribution in [0.4, 0.5) is 4.39 Å². The molecule has 0 saturated carbocycles. The summed E-state index contributed by atoms with van der Waals surface area (Å²) in [4.78, 5) is 0. The topological polar surface area (TPSA) is 88.5 Å². The fraction of sp³-hybridized carbons (Fsp3) is 0.222. The lowest BCUT2D eigenvalue weighted by Crippen LogP contribution is -2.24. The van der Waals surface area contributed by atoms with Crippen molar-refractivity contribution in [2.75, 3.05) is 7.05 Å². The van der Waals surface area contributed by atoms with Crippen LogP contribution in [0.1, 0.15) is 11.1 Å². The van der Waals surface area contributed by atoms with Crippen LogP contribution in [-0.2, 0) is 6.54 Å². The highest BCUT2D eigenvalue weighted by molar-refractivity contribution is 5.97. The monoisotopic (exact) mass is 211 g/mol. The maximum atomic E-state index is 13.3. The molecule has 0 aromatic heterocycles. The Bertz CT molecular complexity index is 364. The van der Waals surface area contributed by atoms with Crippen LogP contribution in [0.3, 0.4) is 0 Å². The lowest BCUT2D eigenvalue weighted by molar-refractivity contribution is 0.623. The highest BCUT2D eigenvalue weighted by Crippen LogP contribution is 2.10. The van der Waals surface area contributed by atoms with Gasteiger partial charge in [-0.1, -0.05) is 6.07 Å². The minimum absolute atomic E-state index is 0.0213. The van der Waals surface area contributed by atoms with E-state index in [1.54, 1.807) is 12.1 Å². The summed E-state index contributed by atoms with van der Waals surface area (Å²) in [5, 5.41) is 6.48. The van der Waals surface area contributed by atoms with E-state index < -0.39 is 5.82 Å². The largest absolute Gasteiger partial charge is 0.382 e. The van der Waals surface area contributed by atoms with Crippen molar-refractivity contribution < 1.29 is 4.39 Å². The van der Waals surface area contributed by atoms with Crippen LogP contribution in [-0.4, -0.2) is 12.9 Å². The minimum atomic E-state index is -0.425. The van der Waals surface area contributed by atoms with E-state index in [-0.39, 0.29) is 11.4 Å². The third-order valence-electron chi connectivity index (χ3n) is 1.87. The number of hydrogen-bond donors (Lipinski definition) is 4. The Hall–Kier alpha value is -1.66. The van der Waals surface area contributed by atoms with Gasteiger partial charge in [0, 0.05) is 6.54 Å². The fourth-order valence-corrected chi connectivity index (χ4v) is 1.21. The molecule has 0 aliphatic rings. The standard InChI is InChI=1S/C9H14FN5/c1-13-5-6-2-3-8(10)7(4-6)9(11)14-15-12/h2-4,13,15H,5,12H2,1H3,(H2,11,14). The Morgan fingerprint density at radius 2 is 2.27 bits per heavy atom. The van der Waals surface area contributed by atoms with E-state index in [4.69, 9.17) is 11.6 Å². The van der Waals surface area contributed by atoms with Crippen molar-refractivity contribution in [3.05, 3.63) is 35.1 Å². The Balaban J connectivity index is 3.04. The zero-order valence-corrected chi connectivity index (χ0v) is 8.42. The first-order valence-electron chi connectivity index (χ1n) is 4.41. The van der Waals surface area contributed by atoms with E-state index in [0.29, 0.717) is 6.54 Å². The molecule has 0 heterocycles. The quantitative estimate of drug-likeness (QED) is 0.237. The summed E-state index contributed by atoms with van der Waals surface area (Å²) < 4.78 is 13.3. The normalized spacial score (nSPS) is 11.5. The van der Waals surface area contributed by atoms with Gasteiger partial charge in [0.15, 0.2) is 5.84 Å². The third kappa shape index (κ3) is 2.90. The van der Waals surface area contributed by atoms with Gasteiger partial charge in [-0.3, -0.25) is 0 Å². The number of nitrogens with one attached hydrogen (secondary N) is 2. The van der Waals surface area contributed by atoms with E-state index in [1.807, 2.05) is 12.6 Å². The number of hydrazone groups is 1. The van der Waals surface area contributed by atoms with Gasteiger partial charge in [0.25, 0.3) is 0 Å². The summed E-state index contributed by atoms with van der Waals surface area (Å²) in [6.07, 6.45) is 0. The van der Waals surface area contributed by atoms with Crippen LogP contribution in [0, 0.1) is 5.82 Å². The van der Waals surface area contributed by atoms with Crippen molar-refractivity contribution >= 4 is 5.84 Å². The molecule has 6 heteroatoms. The summed E-state index contributed by atoms with van der Waals surface area (Å²) in [7, 11) is 1.81. The third-order valence-corrected chi connectivity index (χ3v) is 1.87. The van der Waals surface area contributed by atoms with Crippen molar-refractivity contribution in [2.24, 2.45) is 16.7 Å². The molecular weight excluding hydrogens is 197 g/mol. The van der Waals surface area contributed by atoms with Crippen molar-refractivity contribution in [3.63, 3.8) is 0 Å². The molecule has 0 spiro atoms. The van der Waals surface area contributed by atoms with Gasteiger partial charge in [0.2, 0.25) is 0 Å². The van der Waals surface area contributed by atoms with Gasteiger partial charge >= 0.3 is 0 Å². The molecule has 5 nitrogen and oxygen atoms in total. The molecule has 0 fully saturated rings. The molecule has 82 valence electrons. The van der Waals surface area contributed by atoms with Gasteiger partial charge in [-0.05, 0) is 24.7 Å². The molecule has 1 aromatic rings. The SMILES string of the molecule is CNCc1ccc(F)c(/C(N)=N/NN)c1. The Labute approximate surface area is 87.3 Å². The molecule has 1 aromatic carbocycles. The first kappa shape index (κ1) is 11.4. The van der Waals surface area contributed by atoms with Crippen LogP contribution in [0.25, 0.3) is 0 Å². The lowest BCUT2D eigenvalue weighted by Gasteiger charge is -2.05. The highest BCUT2D eigenvalue weighted by Gasteiger charge is 2.07. The lowest BCUT2D eigenvalue weighted by atomic mass is 10.1. The number of rotatable bonds is 4. The number of nitrogens with two attached hydrogens (primary N) is 2. The van der Waals surface area contributed by atoms with E-state index in [9.17, 15) is 4.39 Å². The van der Waals surface area contributed by atoms with Crippen LogP contribution >= 0.6 is 0 Å². The molecule has 0 amide bonds. The zero-order valence-electron chi connectivity index (χ0n) is 8.42. The van der Waals surface area contributed by atoms with E-state index in [0.717, 1.165) is 5.56 Å².